The summed E-state index contributed by atoms with van der Waals surface area (Å²) in [4.78, 5) is 29.4. The third-order valence-electron chi connectivity index (χ3n) is 4.31. The van der Waals surface area contributed by atoms with Crippen LogP contribution in [0.5, 0.6) is 0 Å². The normalized spacial score (nSPS) is 12.2. The minimum absolute atomic E-state index is 0.0155. The van der Waals surface area contributed by atoms with Crippen LogP contribution in [0.1, 0.15) is 35.5 Å². The molecule has 0 saturated heterocycles. The summed E-state index contributed by atoms with van der Waals surface area (Å²) >= 11 is 5.97. The zero-order chi connectivity index (χ0) is 20.3. The number of carbonyl (C=O) groups is 2. The Morgan fingerprint density at radius 3 is 2.71 bits per heavy atom. The second kappa shape index (κ2) is 8.44. The van der Waals surface area contributed by atoms with E-state index in [0.29, 0.717) is 21.9 Å². The first-order valence-corrected chi connectivity index (χ1v) is 9.38. The maximum Gasteiger partial charge on any atom is 0.329 e. The highest BCUT2D eigenvalue weighted by atomic mass is 35.5. The summed E-state index contributed by atoms with van der Waals surface area (Å²) in [7, 11) is 0. The third kappa shape index (κ3) is 4.70. The number of hydrogen-bond acceptors (Lipinski definition) is 4. The average Bonchev–Trinajstić information content (AvgIpc) is 3.05. The van der Waals surface area contributed by atoms with Crippen molar-refractivity contribution in [3.8, 4) is 0 Å². The van der Waals surface area contributed by atoms with Crippen molar-refractivity contribution in [1.82, 2.24) is 14.7 Å². The summed E-state index contributed by atoms with van der Waals surface area (Å²) in [6.45, 7) is 5.64. The molecule has 3 aromatic rings. The molecule has 0 aliphatic carbocycles. The van der Waals surface area contributed by atoms with Crippen LogP contribution in [-0.2, 0) is 16.1 Å². The largest absolute Gasteiger partial charge is 0.458 e. The summed E-state index contributed by atoms with van der Waals surface area (Å²) in [5, 5.41) is 3.36. The number of nitrogens with one attached hydrogen (secondary N) is 1. The summed E-state index contributed by atoms with van der Waals surface area (Å²) in [6.07, 6.45) is 3.48. The fourth-order valence-electron chi connectivity index (χ4n) is 2.83. The molecule has 2 heterocycles. The van der Waals surface area contributed by atoms with Crippen LogP contribution in [-0.4, -0.2) is 27.3 Å². The van der Waals surface area contributed by atoms with Crippen LogP contribution in [0.4, 0.5) is 0 Å². The van der Waals surface area contributed by atoms with Crippen molar-refractivity contribution in [2.24, 2.45) is 5.92 Å². The summed E-state index contributed by atoms with van der Waals surface area (Å²) in [5.74, 6) is -0.922. The van der Waals surface area contributed by atoms with E-state index in [0.717, 1.165) is 5.56 Å². The Balaban J connectivity index is 1.66. The zero-order valence-electron chi connectivity index (χ0n) is 16.0. The summed E-state index contributed by atoms with van der Waals surface area (Å²) in [5.41, 5.74) is 2.80. The van der Waals surface area contributed by atoms with E-state index in [-0.39, 0.29) is 18.4 Å². The van der Waals surface area contributed by atoms with E-state index in [1.165, 1.54) is 0 Å². The minimum atomic E-state index is -0.750. The fraction of sp³-hybridized carbons (Fsp3) is 0.286. The number of carbonyl (C=O) groups excluding carboxylic acids is 2. The lowest BCUT2D eigenvalue weighted by Crippen LogP contribution is -2.45. The van der Waals surface area contributed by atoms with Gasteiger partial charge in [-0.15, -0.1) is 0 Å². The number of amides is 1. The standard InChI is InChI=1S/C21H22ClN3O3/c1-13(2)19(24-20(26)15-6-4-5-14(3)9-15)21(27)28-12-17-11-25-10-16(22)7-8-18(25)23-17/h4-11,13,19H,12H2,1-3H3,(H,24,26). The van der Waals surface area contributed by atoms with Crippen LogP contribution in [0.15, 0.2) is 48.8 Å². The molecule has 1 N–H and O–H groups in total. The number of aromatic nitrogens is 2. The van der Waals surface area contributed by atoms with Crippen LogP contribution in [0.2, 0.25) is 5.02 Å². The van der Waals surface area contributed by atoms with E-state index in [4.69, 9.17) is 16.3 Å². The molecule has 0 radical (unpaired) electrons. The number of fused-ring (bicyclic) bond motifs is 1. The van der Waals surface area contributed by atoms with Gasteiger partial charge in [0, 0.05) is 18.0 Å². The number of hydrogen-bond donors (Lipinski definition) is 1. The number of rotatable bonds is 6. The molecular formula is C21H22ClN3O3. The van der Waals surface area contributed by atoms with Gasteiger partial charge >= 0.3 is 5.97 Å². The number of esters is 1. The Labute approximate surface area is 168 Å². The number of imidazole rings is 1. The molecule has 6 nitrogen and oxygen atoms in total. The highest BCUT2D eigenvalue weighted by molar-refractivity contribution is 6.30. The van der Waals surface area contributed by atoms with Gasteiger partial charge in [-0.1, -0.05) is 43.1 Å². The van der Waals surface area contributed by atoms with Crippen LogP contribution < -0.4 is 5.32 Å². The number of benzene rings is 1. The quantitative estimate of drug-likeness (QED) is 0.640. The summed E-state index contributed by atoms with van der Waals surface area (Å²) in [6, 6.07) is 9.99. The number of halogens is 1. The van der Waals surface area contributed by atoms with Gasteiger partial charge in [0.25, 0.3) is 5.91 Å². The van der Waals surface area contributed by atoms with Crippen molar-refractivity contribution in [2.75, 3.05) is 0 Å². The van der Waals surface area contributed by atoms with Crippen LogP contribution in [0, 0.1) is 12.8 Å². The van der Waals surface area contributed by atoms with Crippen molar-refractivity contribution in [1.29, 1.82) is 0 Å². The Hall–Kier alpha value is -2.86. The van der Waals surface area contributed by atoms with Gasteiger partial charge in [0.05, 0.1) is 10.7 Å². The average molecular weight is 400 g/mol. The number of aryl methyl sites for hydroxylation is 1. The highest BCUT2D eigenvalue weighted by Gasteiger charge is 2.26. The summed E-state index contributed by atoms with van der Waals surface area (Å²) < 4.78 is 7.18. The predicted octanol–water partition coefficient (Wildman–Crippen LogP) is 3.79. The molecule has 3 rings (SSSR count). The molecule has 1 atom stereocenters. The van der Waals surface area contributed by atoms with Crippen molar-refractivity contribution in [3.05, 3.63) is 70.6 Å². The Morgan fingerprint density at radius 1 is 1.21 bits per heavy atom. The molecule has 0 saturated carbocycles. The van der Waals surface area contributed by atoms with Gasteiger partial charge < -0.3 is 14.5 Å². The van der Waals surface area contributed by atoms with E-state index in [2.05, 4.69) is 10.3 Å². The second-order valence-corrected chi connectivity index (χ2v) is 7.45. The van der Waals surface area contributed by atoms with Crippen molar-refractivity contribution >= 4 is 29.1 Å². The van der Waals surface area contributed by atoms with Crippen LogP contribution in [0.3, 0.4) is 0 Å². The molecule has 1 unspecified atom stereocenters. The molecule has 0 aliphatic rings. The third-order valence-corrected chi connectivity index (χ3v) is 4.54. The zero-order valence-corrected chi connectivity index (χ0v) is 16.7. The minimum Gasteiger partial charge on any atom is -0.458 e. The molecule has 1 amide bonds. The Bertz CT molecular complexity index is 1010. The lowest BCUT2D eigenvalue weighted by molar-refractivity contribution is -0.148. The monoisotopic (exact) mass is 399 g/mol. The number of pyridine rings is 1. The van der Waals surface area contributed by atoms with E-state index in [9.17, 15) is 9.59 Å². The van der Waals surface area contributed by atoms with Gasteiger partial charge in [-0.25, -0.2) is 9.78 Å². The number of nitrogens with zero attached hydrogens (tertiary/aromatic N) is 2. The molecule has 0 spiro atoms. The first-order chi connectivity index (χ1) is 13.3. The van der Waals surface area contributed by atoms with Gasteiger partial charge in [-0.05, 0) is 37.1 Å². The SMILES string of the molecule is Cc1cccc(C(=O)NC(C(=O)OCc2cn3cc(Cl)ccc3n2)C(C)C)c1. The highest BCUT2D eigenvalue weighted by Crippen LogP contribution is 2.13. The lowest BCUT2D eigenvalue weighted by atomic mass is 10.0. The molecular weight excluding hydrogens is 378 g/mol. The lowest BCUT2D eigenvalue weighted by Gasteiger charge is -2.20. The molecule has 1 aromatic carbocycles. The van der Waals surface area contributed by atoms with Crippen LogP contribution in [0.25, 0.3) is 5.65 Å². The molecule has 0 fully saturated rings. The number of ether oxygens (including phenoxy) is 1. The fourth-order valence-corrected chi connectivity index (χ4v) is 3.00. The van der Waals surface area contributed by atoms with E-state index in [1.807, 2.05) is 32.9 Å². The van der Waals surface area contributed by atoms with Gasteiger partial charge in [0.1, 0.15) is 18.3 Å². The molecule has 0 bridgehead atoms. The van der Waals surface area contributed by atoms with E-state index in [1.54, 1.807) is 41.1 Å². The maximum absolute atomic E-state index is 12.6. The van der Waals surface area contributed by atoms with Gasteiger partial charge in [-0.3, -0.25) is 4.79 Å². The molecule has 7 heteroatoms. The van der Waals surface area contributed by atoms with Crippen molar-refractivity contribution in [2.45, 2.75) is 33.4 Å². The maximum atomic E-state index is 12.6. The Morgan fingerprint density at radius 2 is 2.00 bits per heavy atom. The first-order valence-electron chi connectivity index (χ1n) is 9.01. The molecule has 0 aliphatic heterocycles. The van der Waals surface area contributed by atoms with Crippen molar-refractivity contribution in [3.63, 3.8) is 0 Å². The Kier molecular flexibility index (Phi) is 5.99. The molecule has 146 valence electrons. The van der Waals surface area contributed by atoms with Crippen LogP contribution >= 0.6 is 11.6 Å². The van der Waals surface area contributed by atoms with Gasteiger partial charge in [-0.2, -0.15) is 0 Å². The van der Waals surface area contributed by atoms with E-state index >= 15 is 0 Å². The molecule has 2 aromatic heterocycles. The molecule has 28 heavy (non-hydrogen) atoms. The predicted molar refractivity (Wildman–Crippen MR) is 107 cm³/mol. The second-order valence-electron chi connectivity index (χ2n) is 7.02. The van der Waals surface area contributed by atoms with Crippen molar-refractivity contribution < 1.29 is 14.3 Å². The topological polar surface area (TPSA) is 72.7 Å². The van der Waals surface area contributed by atoms with E-state index < -0.39 is 12.0 Å². The first kappa shape index (κ1) is 19.9. The van der Waals surface area contributed by atoms with Gasteiger partial charge in [0.15, 0.2) is 0 Å². The smallest absolute Gasteiger partial charge is 0.329 e. The van der Waals surface area contributed by atoms with Gasteiger partial charge in [0.2, 0.25) is 0 Å².